The van der Waals surface area contributed by atoms with E-state index < -0.39 is 0 Å². The predicted molar refractivity (Wildman–Crippen MR) is 107 cm³/mol. The molecule has 1 aliphatic rings. The Bertz CT molecular complexity index is 769. The molecule has 2 atom stereocenters. The minimum absolute atomic E-state index is 0.0748. The fraction of sp³-hybridized carbons (Fsp3) is 0.333. The fourth-order valence-electron chi connectivity index (χ4n) is 3.23. The standard InChI is InChI=1S/C21H26N4O2/c1-15-20(16(2)24-23-15)11-12-21(26)25-22-14-17-7-6-10-19(13-17)27-18-8-4-3-5-9-18/h3-10,13-16,20,23-24H,11-12H2,1-2H3,(H,25,26)/b22-14+. The van der Waals surface area contributed by atoms with Gasteiger partial charge in [-0.3, -0.25) is 15.6 Å². The highest BCUT2D eigenvalue weighted by Gasteiger charge is 2.29. The van der Waals surface area contributed by atoms with Gasteiger partial charge in [0.15, 0.2) is 0 Å². The van der Waals surface area contributed by atoms with Crippen molar-refractivity contribution in [3.05, 3.63) is 60.2 Å². The van der Waals surface area contributed by atoms with E-state index in [1.165, 1.54) is 0 Å². The summed E-state index contributed by atoms with van der Waals surface area (Å²) in [6.07, 6.45) is 2.90. The summed E-state index contributed by atoms with van der Waals surface area (Å²) in [5.74, 6) is 1.86. The number of rotatable bonds is 7. The average Bonchev–Trinajstić information content (AvgIpc) is 2.99. The van der Waals surface area contributed by atoms with E-state index in [9.17, 15) is 4.79 Å². The lowest BCUT2D eigenvalue weighted by Gasteiger charge is -2.16. The minimum atomic E-state index is -0.0748. The lowest BCUT2D eigenvalue weighted by molar-refractivity contribution is -0.121. The molecule has 0 aliphatic carbocycles. The average molecular weight is 366 g/mol. The van der Waals surface area contributed by atoms with Gasteiger partial charge < -0.3 is 4.74 Å². The second-order valence-electron chi connectivity index (χ2n) is 6.85. The highest BCUT2D eigenvalue weighted by Crippen LogP contribution is 2.21. The molecule has 3 N–H and O–H groups in total. The SMILES string of the molecule is CC1NNC(C)C1CCC(=O)N/N=C/c1cccc(Oc2ccccc2)c1. The summed E-state index contributed by atoms with van der Waals surface area (Å²) in [4.78, 5) is 12.0. The van der Waals surface area contributed by atoms with Gasteiger partial charge in [0.1, 0.15) is 11.5 Å². The number of benzene rings is 2. The number of ether oxygens (including phenoxy) is 1. The Morgan fingerprint density at radius 3 is 2.52 bits per heavy atom. The molecule has 0 radical (unpaired) electrons. The number of carbonyl (C=O) groups is 1. The van der Waals surface area contributed by atoms with E-state index in [4.69, 9.17) is 4.74 Å². The number of amides is 1. The molecule has 142 valence electrons. The normalized spacial score (nSPS) is 22.1. The van der Waals surface area contributed by atoms with Gasteiger partial charge >= 0.3 is 0 Å². The molecule has 1 amide bonds. The number of para-hydroxylation sites is 1. The van der Waals surface area contributed by atoms with Crippen LogP contribution in [0.2, 0.25) is 0 Å². The van der Waals surface area contributed by atoms with Crippen LogP contribution in [0.5, 0.6) is 11.5 Å². The number of nitrogens with zero attached hydrogens (tertiary/aromatic N) is 1. The lowest BCUT2D eigenvalue weighted by atomic mass is 9.91. The third-order valence-corrected chi connectivity index (χ3v) is 4.77. The van der Waals surface area contributed by atoms with Crippen LogP contribution in [0.25, 0.3) is 0 Å². The molecule has 1 heterocycles. The molecular formula is C21H26N4O2. The van der Waals surface area contributed by atoms with Crippen molar-refractivity contribution in [2.24, 2.45) is 11.0 Å². The van der Waals surface area contributed by atoms with Crippen LogP contribution < -0.4 is 21.0 Å². The van der Waals surface area contributed by atoms with Gasteiger partial charge in [-0.15, -0.1) is 0 Å². The summed E-state index contributed by atoms with van der Waals surface area (Å²) in [5.41, 5.74) is 9.87. The van der Waals surface area contributed by atoms with E-state index in [2.05, 4.69) is 35.2 Å². The molecule has 0 aromatic heterocycles. The Balaban J connectivity index is 1.48. The van der Waals surface area contributed by atoms with Crippen LogP contribution in [-0.4, -0.2) is 24.2 Å². The van der Waals surface area contributed by atoms with Crippen LogP contribution in [0, 0.1) is 5.92 Å². The van der Waals surface area contributed by atoms with Crippen molar-refractivity contribution in [1.82, 2.24) is 16.3 Å². The van der Waals surface area contributed by atoms with Crippen molar-refractivity contribution >= 4 is 12.1 Å². The van der Waals surface area contributed by atoms with Crippen molar-refractivity contribution in [2.75, 3.05) is 0 Å². The molecule has 2 unspecified atom stereocenters. The third-order valence-electron chi connectivity index (χ3n) is 4.77. The smallest absolute Gasteiger partial charge is 0.240 e. The van der Waals surface area contributed by atoms with Gasteiger partial charge in [0, 0.05) is 18.5 Å². The monoisotopic (exact) mass is 366 g/mol. The van der Waals surface area contributed by atoms with Crippen LogP contribution in [0.15, 0.2) is 59.7 Å². The topological polar surface area (TPSA) is 74.8 Å². The van der Waals surface area contributed by atoms with E-state index >= 15 is 0 Å². The number of hydrogen-bond acceptors (Lipinski definition) is 5. The zero-order chi connectivity index (χ0) is 19.1. The highest BCUT2D eigenvalue weighted by atomic mass is 16.5. The first-order chi connectivity index (χ1) is 13.1. The highest BCUT2D eigenvalue weighted by molar-refractivity contribution is 5.82. The number of hydrazine groups is 1. The van der Waals surface area contributed by atoms with Gasteiger partial charge in [-0.2, -0.15) is 5.10 Å². The van der Waals surface area contributed by atoms with Crippen LogP contribution in [0.3, 0.4) is 0 Å². The Labute approximate surface area is 160 Å². The van der Waals surface area contributed by atoms with Gasteiger partial charge in [-0.05, 0) is 56.0 Å². The maximum atomic E-state index is 12.0. The zero-order valence-corrected chi connectivity index (χ0v) is 15.7. The zero-order valence-electron chi connectivity index (χ0n) is 15.7. The molecule has 3 rings (SSSR count). The third kappa shape index (κ3) is 5.64. The molecule has 0 saturated carbocycles. The molecular weight excluding hydrogens is 340 g/mol. The summed E-state index contributed by atoms with van der Waals surface area (Å²) in [7, 11) is 0. The molecule has 0 spiro atoms. The number of carbonyl (C=O) groups excluding carboxylic acids is 1. The van der Waals surface area contributed by atoms with Crippen molar-refractivity contribution < 1.29 is 9.53 Å². The van der Waals surface area contributed by atoms with Crippen molar-refractivity contribution in [3.8, 4) is 11.5 Å². The number of hydrogen-bond donors (Lipinski definition) is 3. The Hall–Kier alpha value is -2.70. The van der Waals surface area contributed by atoms with Gasteiger partial charge in [-0.25, -0.2) is 5.43 Å². The summed E-state index contributed by atoms with van der Waals surface area (Å²) < 4.78 is 5.80. The van der Waals surface area contributed by atoms with Crippen molar-refractivity contribution in [1.29, 1.82) is 0 Å². The van der Waals surface area contributed by atoms with E-state index in [1.807, 2.05) is 54.6 Å². The molecule has 1 saturated heterocycles. The van der Waals surface area contributed by atoms with E-state index in [1.54, 1.807) is 6.21 Å². The summed E-state index contributed by atoms with van der Waals surface area (Å²) in [6.45, 7) is 4.25. The summed E-state index contributed by atoms with van der Waals surface area (Å²) in [5, 5.41) is 4.06. The van der Waals surface area contributed by atoms with Crippen LogP contribution in [-0.2, 0) is 4.79 Å². The van der Waals surface area contributed by atoms with E-state index in [0.29, 0.717) is 24.4 Å². The first kappa shape index (κ1) is 19.1. The molecule has 6 heteroatoms. The van der Waals surface area contributed by atoms with Gasteiger partial charge in [0.25, 0.3) is 0 Å². The molecule has 6 nitrogen and oxygen atoms in total. The first-order valence-electron chi connectivity index (χ1n) is 9.28. The van der Waals surface area contributed by atoms with Crippen LogP contribution >= 0.6 is 0 Å². The first-order valence-corrected chi connectivity index (χ1v) is 9.28. The molecule has 0 bridgehead atoms. The van der Waals surface area contributed by atoms with Crippen molar-refractivity contribution in [3.63, 3.8) is 0 Å². The second-order valence-corrected chi connectivity index (χ2v) is 6.85. The lowest BCUT2D eigenvalue weighted by Crippen LogP contribution is -2.30. The Morgan fingerprint density at radius 2 is 1.78 bits per heavy atom. The summed E-state index contributed by atoms with van der Waals surface area (Å²) in [6, 6.07) is 17.9. The Kier molecular flexibility index (Phi) is 6.57. The number of nitrogens with one attached hydrogen (secondary N) is 3. The molecule has 2 aromatic rings. The predicted octanol–water partition coefficient (Wildman–Crippen LogP) is 3.21. The maximum absolute atomic E-state index is 12.0. The van der Waals surface area contributed by atoms with Crippen LogP contribution in [0.4, 0.5) is 0 Å². The maximum Gasteiger partial charge on any atom is 0.240 e. The molecule has 2 aromatic carbocycles. The largest absolute Gasteiger partial charge is 0.457 e. The number of hydrazone groups is 1. The quantitative estimate of drug-likeness (QED) is 0.520. The van der Waals surface area contributed by atoms with Crippen LogP contribution in [0.1, 0.15) is 32.3 Å². The van der Waals surface area contributed by atoms with Gasteiger partial charge in [0.2, 0.25) is 5.91 Å². The molecule has 27 heavy (non-hydrogen) atoms. The molecule has 1 aliphatic heterocycles. The van der Waals surface area contributed by atoms with Gasteiger partial charge in [0.05, 0.1) is 6.21 Å². The summed E-state index contributed by atoms with van der Waals surface area (Å²) >= 11 is 0. The minimum Gasteiger partial charge on any atom is -0.457 e. The fourth-order valence-corrected chi connectivity index (χ4v) is 3.23. The van der Waals surface area contributed by atoms with E-state index in [-0.39, 0.29) is 5.91 Å². The van der Waals surface area contributed by atoms with E-state index in [0.717, 1.165) is 23.5 Å². The van der Waals surface area contributed by atoms with Gasteiger partial charge in [-0.1, -0.05) is 30.3 Å². The second kappa shape index (κ2) is 9.30. The van der Waals surface area contributed by atoms with Crippen molar-refractivity contribution in [2.45, 2.75) is 38.8 Å². The molecule has 1 fully saturated rings. The Morgan fingerprint density at radius 1 is 1.07 bits per heavy atom.